The van der Waals surface area contributed by atoms with Crippen LogP contribution in [-0.4, -0.2) is 80.5 Å². The first kappa shape index (κ1) is 36.8. The van der Waals surface area contributed by atoms with E-state index in [9.17, 15) is 18.7 Å². The molecule has 0 bridgehead atoms. The number of nitrogens with one attached hydrogen (secondary N) is 2. The van der Waals surface area contributed by atoms with Crippen molar-refractivity contribution in [3.8, 4) is 12.3 Å². The Hall–Kier alpha value is -1.20. The Morgan fingerprint density at radius 3 is 1.76 bits per heavy atom. The lowest BCUT2D eigenvalue weighted by Gasteiger charge is -2.24. The van der Waals surface area contributed by atoms with Gasteiger partial charge in [-0.15, -0.1) is 35.0 Å². The average molecular weight is 608 g/mol. The minimum Gasteiger partial charge on any atom is -0.350 e. The van der Waals surface area contributed by atoms with Gasteiger partial charge in [-0.05, 0) is 39.5 Å². The highest BCUT2D eigenvalue weighted by Crippen LogP contribution is 2.45. The Balaban J connectivity index is 0.000000739. The van der Waals surface area contributed by atoms with Gasteiger partial charge < -0.3 is 19.8 Å². The van der Waals surface area contributed by atoms with E-state index in [2.05, 4.69) is 54.6 Å². The molecule has 0 saturated heterocycles. The molecule has 0 aliphatic rings. The van der Waals surface area contributed by atoms with Gasteiger partial charge in [-0.25, -0.2) is 0 Å². The minimum absolute atomic E-state index is 0.00510. The standard InChI is InChI=1S/C13H25N4O2PS.C12H22NO2PS/c1-13(2,21-10-20(4,5)19)7-6-12(18)14-8-11-9-17(3)16-15-11;1-6-9-13-11(14)7-8-12(2,3)17-10-16(4,5)15/h9H,6-8,10H2,1-5H3,(H,14,18);1H,7-10H2,2-5H3,(H,13,14). The summed E-state index contributed by atoms with van der Waals surface area (Å²) >= 11 is 3.34. The Kier molecular flexibility index (Phi) is 16.3. The van der Waals surface area contributed by atoms with Crippen molar-refractivity contribution in [2.45, 2.75) is 69.4 Å². The number of thioether (sulfide) groups is 2. The molecule has 0 atom stereocenters. The van der Waals surface area contributed by atoms with Gasteiger partial charge in [0.25, 0.3) is 0 Å². The van der Waals surface area contributed by atoms with Gasteiger partial charge in [-0.1, -0.05) is 38.8 Å². The third-order valence-electron chi connectivity index (χ3n) is 4.95. The van der Waals surface area contributed by atoms with Gasteiger partial charge in [0.15, 0.2) is 0 Å². The van der Waals surface area contributed by atoms with E-state index in [0.29, 0.717) is 30.4 Å². The summed E-state index contributed by atoms with van der Waals surface area (Å²) in [6, 6.07) is 0. The first-order valence-electron chi connectivity index (χ1n) is 12.4. The van der Waals surface area contributed by atoms with Crippen molar-refractivity contribution < 1.29 is 18.7 Å². The minimum atomic E-state index is -2.02. The molecule has 1 aromatic heterocycles. The van der Waals surface area contributed by atoms with Crippen LogP contribution in [0.15, 0.2) is 6.20 Å². The number of carbonyl (C=O) groups excluding carboxylic acids is 2. The van der Waals surface area contributed by atoms with Crippen molar-refractivity contribution >= 4 is 49.6 Å². The summed E-state index contributed by atoms with van der Waals surface area (Å²) in [6.45, 7) is 16.2. The van der Waals surface area contributed by atoms with Crippen molar-refractivity contribution in [3.63, 3.8) is 0 Å². The van der Waals surface area contributed by atoms with Crippen LogP contribution in [0.25, 0.3) is 0 Å². The molecule has 0 fully saturated rings. The molecule has 0 aromatic carbocycles. The summed E-state index contributed by atoms with van der Waals surface area (Å²) in [4.78, 5) is 23.2. The van der Waals surface area contributed by atoms with Crippen LogP contribution in [0.2, 0.25) is 0 Å². The number of rotatable bonds is 15. The van der Waals surface area contributed by atoms with Crippen LogP contribution in [0.5, 0.6) is 0 Å². The molecule has 218 valence electrons. The summed E-state index contributed by atoms with van der Waals surface area (Å²) in [5, 5.41) is 13.2. The van der Waals surface area contributed by atoms with Crippen molar-refractivity contribution in [2.24, 2.45) is 7.05 Å². The van der Waals surface area contributed by atoms with E-state index in [1.165, 1.54) is 0 Å². The fraction of sp³-hybridized carbons (Fsp3) is 0.760. The molecule has 0 aliphatic carbocycles. The molecule has 0 spiro atoms. The van der Waals surface area contributed by atoms with E-state index in [1.807, 2.05) is 0 Å². The number of hydrogen-bond acceptors (Lipinski definition) is 8. The topological polar surface area (TPSA) is 123 Å². The fourth-order valence-corrected chi connectivity index (χ4v) is 8.40. The van der Waals surface area contributed by atoms with Gasteiger partial charge in [0.2, 0.25) is 11.8 Å². The zero-order valence-corrected chi connectivity index (χ0v) is 27.9. The van der Waals surface area contributed by atoms with Crippen LogP contribution >= 0.6 is 37.8 Å². The SMILES string of the molecule is C#CCNC(=O)CCC(C)(C)SCP(C)(C)=O.Cn1cc(CNC(=O)CCC(C)(C)SCP(C)(C)=O)nn1. The lowest BCUT2D eigenvalue weighted by atomic mass is 10.1. The van der Waals surface area contributed by atoms with Crippen LogP contribution in [0.1, 0.15) is 59.1 Å². The first-order chi connectivity index (χ1) is 17.2. The third kappa shape index (κ3) is 21.7. The molecule has 38 heavy (non-hydrogen) atoms. The third-order valence-corrected chi connectivity index (χ3v) is 12.9. The van der Waals surface area contributed by atoms with Crippen LogP contribution in [0, 0.1) is 12.3 Å². The van der Waals surface area contributed by atoms with E-state index >= 15 is 0 Å². The number of nitrogens with zero attached hydrogens (tertiary/aromatic N) is 3. The molecule has 0 saturated carbocycles. The number of aromatic nitrogens is 3. The lowest BCUT2D eigenvalue weighted by Crippen LogP contribution is -2.26. The molecular weight excluding hydrogens is 560 g/mol. The maximum atomic E-state index is 11.8. The van der Waals surface area contributed by atoms with Gasteiger partial charge >= 0.3 is 0 Å². The largest absolute Gasteiger partial charge is 0.350 e. The second-order valence-electron chi connectivity index (χ2n) is 11.4. The Bertz CT molecular complexity index is 1030. The predicted molar refractivity (Wildman–Crippen MR) is 165 cm³/mol. The highest BCUT2D eigenvalue weighted by Gasteiger charge is 2.23. The first-order valence-corrected chi connectivity index (χ1v) is 20.0. The molecule has 2 N–H and O–H groups in total. The number of carbonyl (C=O) groups is 2. The van der Waals surface area contributed by atoms with Crippen molar-refractivity contribution in [1.82, 2.24) is 25.6 Å². The van der Waals surface area contributed by atoms with Crippen molar-refractivity contribution in [2.75, 3.05) is 44.2 Å². The highest BCUT2D eigenvalue weighted by atomic mass is 32.2. The molecule has 9 nitrogen and oxygen atoms in total. The number of amides is 2. The van der Waals surface area contributed by atoms with Crippen molar-refractivity contribution in [1.29, 1.82) is 0 Å². The van der Waals surface area contributed by atoms with Crippen LogP contribution in [0.3, 0.4) is 0 Å². The molecule has 1 rings (SSSR count). The maximum absolute atomic E-state index is 11.8. The highest BCUT2D eigenvalue weighted by molar-refractivity contribution is 8.06. The average Bonchev–Trinajstić information content (AvgIpc) is 3.21. The van der Waals surface area contributed by atoms with Crippen LogP contribution in [-0.2, 0) is 32.3 Å². The molecular formula is C25H47N5O4P2S2. The van der Waals surface area contributed by atoms with E-state index in [1.54, 1.807) is 68.1 Å². The smallest absolute Gasteiger partial charge is 0.220 e. The Morgan fingerprint density at radius 2 is 1.39 bits per heavy atom. The maximum Gasteiger partial charge on any atom is 0.220 e. The van der Waals surface area contributed by atoms with E-state index < -0.39 is 14.3 Å². The summed E-state index contributed by atoms with van der Waals surface area (Å²) in [5.74, 6) is 2.35. The molecule has 0 unspecified atom stereocenters. The van der Waals surface area contributed by atoms with Crippen LogP contribution < -0.4 is 10.6 Å². The van der Waals surface area contributed by atoms with E-state index in [4.69, 9.17) is 6.42 Å². The zero-order valence-electron chi connectivity index (χ0n) is 24.5. The molecule has 0 aliphatic heterocycles. The second-order valence-corrected chi connectivity index (χ2v) is 22.5. The monoisotopic (exact) mass is 607 g/mol. The molecule has 1 heterocycles. The Labute approximate surface area is 238 Å². The van der Waals surface area contributed by atoms with Gasteiger partial charge in [0, 0.05) is 46.6 Å². The quantitative estimate of drug-likeness (QED) is 0.213. The van der Waals surface area contributed by atoms with Gasteiger partial charge in [0.05, 0.1) is 27.4 Å². The van der Waals surface area contributed by atoms with E-state index in [0.717, 1.165) is 18.5 Å². The lowest BCUT2D eigenvalue weighted by molar-refractivity contribution is -0.122. The van der Waals surface area contributed by atoms with Crippen LogP contribution in [0.4, 0.5) is 0 Å². The normalized spacial score (nSPS) is 12.2. The predicted octanol–water partition coefficient (Wildman–Crippen LogP) is 4.91. The summed E-state index contributed by atoms with van der Waals surface area (Å²) < 4.78 is 24.9. The number of hydrogen-bond donors (Lipinski definition) is 2. The van der Waals surface area contributed by atoms with Crippen molar-refractivity contribution in [3.05, 3.63) is 11.9 Å². The zero-order chi connectivity index (χ0) is 29.6. The molecule has 0 radical (unpaired) electrons. The fourth-order valence-electron chi connectivity index (χ4n) is 2.63. The van der Waals surface area contributed by atoms with Gasteiger partial charge in [0.1, 0.15) is 5.69 Å². The summed E-state index contributed by atoms with van der Waals surface area (Å²) in [7, 11) is -2.22. The number of terminal acetylenes is 1. The van der Waals surface area contributed by atoms with Gasteiger partial charge in [-0.3, -0.25) is 14.3 Å². The van der Waals surface area contributed by atoms with Gasteiger partial charge in [-0.2, -0.15) is 0 Å². The molecule has 1 aromatic rings. The Morgan fingerprint density at radius 1 is 0.947 bits per heavy atom. The number of aryl methyl sites for hydroxylation is 1. The van der Waals surface area contributed by atoms with E-state index in [-0.39, 0.29) is 27.9 Å². The second kappa shape index (κ2) is 16.8. The molecule has 2 amide bonds. The summed E-state index contributed by atoms with van der Waals surface area (Å²) in [5.41, 5.74) is 2.06. The summed E-state index contributed by atoms with van der Waals surface area (Å²) in [6.07, 6.45) is 9.26. The molecule has 13 heteroatoms.